The summed E-state index contributed by atoms with van der Waals surface area (Å²) in [6.45, 7) is 0. The van der Waals surface area contributed by atoms with E-state index in [0.29, 0.717) is 10.6 Å². The largest absolute Gasteiger partial charge is 0.756 e. The van der Waals surface area contributed by atoms with Gasteiger partial charge < -0.3 is 10.3 Å². The van der Waals surface area contributed by atoms with E-state index in [9.17, 15) is 10.0 Å². The Kier molecular flexibility index (Phi) is 2.23. The van der Waals surface area contributed by atoms with Crippen LogP contribution in [0.1, 0.15) is 10.4 Å². The lowest BCUT2D eigenvalue weighted by molar-refractivity contribution is 0.0850. The molecule has 0 atom stereocenters. The number of amides is 1. The number of hydrogen-bond donors (Lipinski definition) is 0. The van der Waals surface area contributed by atoms with Crippen LogP contribution in [-0.4, -0.2) is 18.0 Å². The van der Waals surface area contributed by atoms with E-state index in [-0.39, 0.29) is 0 Å². The highest BCUT2D eigenvalue weighted by Crippen LogP contribution is 2.00. The molecule has 0 fully saturated rings. The van der Waals surface area contributed by atoms with Crippen molar-refractivity contribution in [2.45, 2.75) is 0 Å². The van der Waals surface area contributed by atoms with Crippen LogP contribution in [-0.2, 0) is 0 Å². The maximum atomic E-state index is 11.0. The van der Waals surface area contributed by atoms with Crippen molar-refractivity contribution in [3.63, 3.8) is 0 Å². The van der Waals surface area contributed by atoms with Gasteiger partial charge in [-0.1, -0.05) is 18.2 Å². The first-order chi connectivity index (χ1) is 5.22. The minimum absolute atomic E-state index is 0.315. The summed E-state index contributed by atoms with van der Waals surface area (Å²) >= 11 is 0. The summed E-state index contributed by atoms with van der Waals surface area (Å²) in [6.07, 6.45) is 0. The van der Waals surface area contributed by atoms with Gasteiger partial charge in [0.1, 0.15) is 0 Å². The van der Waals surface area contributed by atoms with Gasteiger partial charge in [-0.15, -0.1) is 0 Å². The van der Waals surface area contributed by atoms with Crippen molar-refractivity contribution in [3.05, 3.63) is 41.1 Å². The van der Waals surface area contributed by atoms with Gasteiger partial charge in [-0.05, 0) is 19.2 Å². The number of benzene rings is 1. The molecule has 0 N–H and O–H groups in total. The molecule has 1 aromatic rings. The SMILES string of the molecule is CN([O-])C(=O)c1ccccc1. The van der Waals surface area contributed by atoms with Gasteiger partial charge >= 0.3 is 0 Å². The molecule has 0 radical (unpaired) electrons. The molecule has 11 heavy (non-hydrogen) atoms. The number of carbonyl (C=O) groups excluding carboxylic acids is 1. The van der Waals surface area contributed by atoms with Crippen LogP contribution in [0.15, 0.2) is 30.3 Å². The van der Waals surface area contributed by atoms with E-state index in [1.165, 1.54) is 7.05 Å². The van der Waals surface area contributed by atoms with Crippen LogP contribution in [0.4, 0.5) is 0 Å². The lowest BCUT2D eigenvalue weighted by Crippen LogP contribution is -2.19. The molecule has 0 spiro atoms. The molecule has 3 nitrogen and oxygen atoms in total. The van der Waals surface area contributed by atoms with Gasteiger partial charge in [-0.2, -0.15) is 0 Å². The van der Waals surface area contributed by atoms with Gasteiger partial charge in [-0.25, -0.2) is 0 Å². The van der Waals surface area contributed by atoms with Crippen molar-refractivity contribution in [3.8, 4) is 0 Å². The van der Waals surface area contributed by atoms with E-state index in [2.05, 4.69) is 0 Å². The quantitative estimate of drug-likeness (QED) is 0.565. The molecule has 0 unspecified atom stereocenters. The summed E-state index contributed by atoms with van der Waals surface area (Å²) in [5.41, 5.74) is 0.421. The zero-order valence-electron chi connectivity index (χ0n) is 6.15. The van der Waals surface area contributed by atoms with E-state index in [0.717, 1.165) is 0 Å². The molecule has 0 saturated heterocycles. The normalized spacial score (nSPS) is 9.27. The molecule has 0 saturated carbocycles. The van der Waals surface area contributed by atoms with Gasteiger partial charge in [-0.3, -0.25) is 4.79 Å². The van der Waals surface area contributed by atoms with E-state index >= 15 is 0 Å². The minimum Gasteiger partial charge on any atom is -0.756 e. The second kappa shape index (κ2) is 3.16. The van der Waals surface area contributed by atoms with E-state index in [1.54, 1.807) is 30.3 Å². The van der Waals surface area contributed by atoms with Crippen molar-refractivity contribution >= 4 is 5.91 Å². The van der Waals surface area contributed by atoms with Crippen molar-refractivity contribution in [2.24, 2.45) is 0 Å². The number of carbonyl (C=O) groups is 1. The standard InChI is InChI=1S/C8H8NO2/c1-9(11)8(10)7-5-3-2-4-6-7/h2-6H,1H3/q-1. The fourth-order valence-electron chi connectivity index (χ4n) is 0.763. The molecule has 58 valence electrons. The van der Waals surface area contributed by atoms with Crippen molar-refractivity contribution in [1.82, 2.24) is 5.06 Å². The van der Waals surface area contributed by atoms with Gasteiger partial charge in [0.2, 0.25) is 5.91 Å². The molecular weight excluding hydrogens is 142 g/mol. The van der Waals surface area contributed by atoms with E-state index < -0.39 is 5.91 Å². The highest BCUT2D eigenvalue weighted by atomic mass is 16.5. The summed E-state index contributed by atoms with van der Waals surface area (Å²) in [7, 11) is 1.19. The molecule has 0 aromatic heterocycles. The third kappa shape index (κ3) is 1.78. The van der Waals surface area contributed by atoms with Gasteiger partial charge in [0, 0.05) is 5.56 Å². The predicted octanol–water partition coefficient (Wildman–Crippen LogP) is 1.26. The average molecular weight is 150 g/mol. The van der Waals surface area contributed by atoms with Crippen molar-refractivity contribution in [2.75, 3.05) is 7.05 Å². The first kappa shape index (κ1) is 7.75. The Bertz CT molecular complexity index is 244. The highest BCUT2D eigenvalue weighted by Gasteiger charge is 2.01. The maximum Gasteiger partial charge on any atom is 0.243 e. The molecule has 0 aliphatic rings. The number of nitrogens with zero attached hydrogens (tertiary/aromatic N) is 1. The van der Waals surface area contributed by atoms with Crippen LogP contribution in [0.25, 0.3) is 0 Å². The monoisotopic (exact) mass is 150 g/mol. The zero-order chi connectivity index (χ0) is 8.27. The summed E-state index contributed by atoms with van der Waals surface area (Å²) in [5, 5.41) is 10.8. The topological polar surface area (TPSA) is 43.4 Å². The third-order valence-corrected chi connectivity index (χ3v) is 1.31. The van der Waals surface area contributed by atoms with E-state index in [1.807, 2.05) is 0 Å². The zero-order valence-corrected chi connectivity index (χ0v) is 6.15. The number of hydrogen-bond acceptors (Lipinski definition) is 2. The molecule has 0 aliphatic heterocycles. The predicted molar refractivity (Wildman–Crippen MR) is 41.9 cm³/mol. The van der Waals surface area contributed by atoms with Gasteiger partial charge in [0.05, 0.1) is 0 Å². The Balaban J connectivity index is 2.86. The highest BCUT2D eigenvalue weighted by molar-refractivity contribution is 5.94. The lowest BCUT2D eigenvalue weighted by atomic mass is 10.2. The van der Waals surface area contributed by atoms with Crippen LogP contribution < -0.4 is 0 Å². The van der Waals surface area contributed by atoms with Crippen LogP contribution in [0.5, 0.6) is 0 Å². The first-order valence-corrected chi connectivity index (χ1v) is 3.22. The van der Waals surface area contributed by atoms with Crippen LogP contribution in [0.2, 0.25) is 0 Å². The average Bonchev–Trinajstić information content (AvgIpc) is 2.05. The van der Waals surface area contributed by atoms with Crippen LogP contribution in [0, 0.1) is 5.21 Å². The van der Waals surface area contributed by atoms with Crippen molar-refractivity contribution < 1.29 is 4.79 Å². The molecular formula is C8H8NO2-. The smallest absolute Gasteiger partial charge is 0.243 e. The van der Waals surface area contributed by atoms with E-state index in [4.69, 9.17) is 0 Å². The number of hydroxylamine groups is 2. The van der Waals surface area contributed by atoms with Crippen molar-refractivity contribution in [1.29, 1.82) is 0 Å². The second-order valence-electron chi connectivity index (χ2n) is 2.17. The first-order valence-electron chi connectivity index (χ1n) is 3.22. The summed E-state index contributed by atoms with van der Waals surface area (Å²) in [6, 6.07) is 8.45. The number of rotatable bonds is 1. The Morgan fingerprint density at radius 1 is 1.36 bits per heavy atom. The molecule has 0 aliphatic carbocycles. The molecule has 1 amide bonds. The van der Waals surface area contributed by atoms with Crippen LogP contribution in [0.3, 0.4) is 0 Å². The second-order valence-corrected chi connectivity index (χ2v) is 2.17. The minimum atomic E-state index is -0.509. The summed E-state index contributed by atoms with van der Waals surface area (Å²) < 4.78 is 0. The van der Waals surface area contributed by atoms with Crippen LogP contribution >= 0.6 is 0 Å². The molecule has 0 heterocycles. The fraction of sp³-hybridized carbons (Fsp3) is 0.125. The molecule has 3 heteroatoms. The fourth-order valence-corrected chi connectivity index (χ4v) is 0.763. The maximum absolute atomic E-state index is 11.0. The third-order valence-electron chi connectivity index (χ3n) is 1.31. The summed E-state index contributed by atoms with van der Waals surface area (Å²) in [4.78, 5) is 11.0. The summed E-state index contributed by atoms with van der Waals surface area (Å²) in [5.74, 6) is -0.509. The Hall–Kier alpha value is -1.35. The lowest BCUT2D eigenvalue weighted by Gasteiger charge is -2.21. The molecule has 0 bridgehead atoms. The Morgan fingerprint density at radius 2 is 1.91 bits per heavy atom. The van der Waals surface area contributed by atoms with Gasteiger partial charge in [0.25, 0.3) is 0 Å². The van der Waals surface area contributed by atoms with Gasteiger partial charge in [0.15, 0.2) is 0 Å². The molecule has 1 rings (SSSR count). The Labute approximate surface area is 64.8 Å². The molecule has 1 aromatic carbocycles. The Morgan fingerprint density at radius 3 is 2.36 bits per heavy atom.